The van der Waals surface area contributed by atoms with Crippen LogP contribution < -0.4 is 16.6 Å². The second kappa shape index (κ2) is 5.05. The van der Waals surface area contributed by atoms with E-state index in [0.717, 1.165) is 0 Å². The van der Waals surface area contributed by atoms with E-state index in [1.807, 2.05) is 0 Å². The van der Waals surface area contributed by atoms with Crippen molar-refractivity contribution < 1.29 is 18.0 Å². The molecule has 1 rings (SSSR count). The highest BCUT2D eigenvalue weighted by Crippen LogP contribution is 2.16. The van der Waals surface area contributed by atoms with Crippen LogP contribution in [0.3, 0.4) is 0 Å². The molecule has 0 saturated heterocycles. The molecule has 7 heteroatoms. The maximum absolute atomic E-state index is 11.9. The van der Waals surface area contributed by atoms with Crippen molar-refractivity contribution in [2.75, 3.05) is 12.0 Å². The fraction of sp³-hybridized carbons (Fsp3) is 0.300. The average Bonchev–Trinajstić information content (AvgIpc) is 2.24. The molecule has 0 atom stereocenters. The standard InChI is InChI=1S/C10H12F3N3O/c1-6-4-7(16-14)2-3-8(6)9(17)15-5-10(11,12)13/h2-4,16H,5,14H2,1H3,(H,15,17). The Morgan fingerprint density at radius 2 is 2.06 bits per heavy atom. The highest BCUT2D eigenvalue weighted by molar-refractivity contribution is 5.96. The van der Waals surface area contributed by atoms with Gasteiger partial charge in [0.25, 0.3) is 5.91 Å². The number of hydrogen-bond donors (Lipinski definition) is 3. The van der Waals surface area contributed by atoms with Crippen molar-refractivity contribution in [1.29, 1.82) is 0 Å². The van der Waals surface area contributed by atoms with Gasteiger partial charge in [-0.1, -0.05) is 0 Å². The molecular formula is C10H12F3N3O. The number of amides is 1. The average molecular weight is 247 g/mol. The summed E-state index contributed by atoms with van der Waals surface area (Å²) in [6.07, 6.45) is -4.41. The number of anilines is 1. The molecule has 0 aliphatic heterocycles. The van der Waals surface area contributed by atoms with Gasteiger partial charge in [-0.25, -0.2) is 0 Å². The van der Waals surface area contributed by atoms with Gasteiger partial charge in [0.1, 0.15) is 6.54 Å². The zero-order valence-corrected chi connectivity index (χ0v) is 9.06. The number of nitrogen functional groups attached to an aromatic ring is 1. The Kier molecular flexibility index (Phi) is 3.95. The first-order valence-corrected chi connectivity index (χ1v) is 4.75. The number of carbonyl (C=O) groups is 1. The monoisotopic (exact) mass is 247 g/mol. The van der Waals surface area contributed by atoms with Crippen LogP contribution in [-0.4, -0.2) is 18.6 Å². The molecule has 1 amide bonds. The Balaban J connectivity index is 2.76. The maximum atomic E-state index is 11.9. The van der Waals surface area contributed by atoms with Gasteiger partial charge in [-0.2, -0.15) is 13.2 Å². The Labute approximate surface area is 96.0 Å². The lowest BCUT2D eigenvalue weighted by atomic mass is 10.1. The zero-order chi connectivity index (χ0) is 13.1. The third-order valence-corrected chi connectivity index (χ3v) is 2.09. The molecule has 0 aliphatic carbocycles. The Bertz CT molecular complexity index is 418. The van der Waals surface area contributed by atoms with E-state index in [-0.39, 0.29) is 5.56 Å². The molecule has 94 valence electrons. The molecule has 17 heavy (non-hydrogen) atoms. The van der Waals surface area contributed by atoms with Crippen LogP contribution >= 0.6 is 0 Å². The molecule has 0 radical (unpaired) electrons. The summed E-state index contributed by atoms with van der Waals surface area (Å²) in [4.78, 5) is 11.4. The van der Waals surface area contributed by atoms with Gasteiger partial charge in [-0.15, -0.1) is 0 Å². The first-order valence-electron chi connectivity index (χ1n) is 4.75. The fourth-order valence-corrected chi connectivity index (χ4v) is 1.28. The summed E-state index contributed by atoms with van der Waals surface area (Å²) in [7, 11) is 0. The summed E-state index contributed by atoms with van der Waals surface area (Å²) in [5.41, 5.74) is 3.69. The van der Waals surface area contributed by atoms with E-state index in [0.29, 0.717) is 11.3 Å². The minimum Gasteiger partial charge on any atom is -0.343 e. The third-order valence-electron chi connectivity index (χ3n) is 2.09. The van der Waals surface area contributed by atoms with Gasteiger partial charge in [0, 0.05) is 11.3 Å². The van der Waals surface area contributed by atoms with Gasteiger partial charge in [-0.05, 0) is 30.7 Å². The first-order chi connectivity index (χ1) is 7.83. The molecule has 1 aromatic rings. The van der Waals surface area contributed by atoms with E-state index >= 15 is 0 Å². The van der Waals surface area contributed by atoms with E-state index in [9.17, 15) is 18.0 Å². The number of halogens is 3. The number of nitrogens with two attached hydrogens (primary N) is 1. The van der Waals surface area contributed by atoms with Gasteiger partial charge in [0.15, 0.2) is 0 Å². The van der Waals surface area contributed by atoms with Crippen LogP contribution in [0.4, 0.5) is 18.9 Å². The molecule has 0 aliphatic rings. The van der Waals surface area contributed by atoms with Crippen LogP contribution in [0.5, 0.6) is 0 Å². The van der Waals surface area contributed by atoms with E-state index in [4.69, 9.17) is 5.84 Å². The van der Waals surface area contributed by atoms with Gasteiger partial charge in [0.2, 0.25) is 0 Å². The number of alkyl halides is 3. The molecule has 4 N–H and O–H groups in total. The molecule has 0 bridgehead atoms. The van der Waals surface area contributed by atoms with Gasteiger partial charge in [-0.3, -0.25) is 10.6 Å². The lowest BCUT2D eigenvalue weighted by Crippen LogP contribution is -2.34. The second-order valence-electron chi connectivity index (χ2n) is 3.47. The van der Waals surface area contributed by atoms with E-state index in [2.05, 4.69) is 5.43 Å². The number of rotatable bonds is 3. The minimum absolute atomic E-state index is 0.188. The SMILES string of the molecule is Cc1cc(NN)ccc1C(=O)NCC(F)(F)F. The van der Waals surface area contributed by atoms with Crippen LogP contribution in [0.2, 0.25) is 0 Å². The summed E-state index contributed by atoms with van der Waals surface area (Å²) in [6, 6.07) is 4.49. The van der Waals surface area contributed by atoms with Gasteiger partial charge >= 0.3 is 6.18 Å². The van der Waals surface area contributed by atoms with E-state index in [1.165, 1.54) is 12.1 Å². The Morgan fingerprint density at radius 1 is 1.41 bits per heavy atom. The van der Waals surface area contributed by atoms with Crippen molar-refractivity contribution >= 4 is 11.6 Å². The van der Waals surface area contributed by atoms with Crippen molar-refractivity contribution in [3.63, 3.8) is 0 Å². The van der Waals surface area contributed by atoms with Crippen LogP contribution in [0.15, 0.2) is 18.2 Å². The Hall–Kier alpha value is -1.76. The molecule has 0 unspecified atom stereocenters. The quantitative estimate of drug-likeness (QED) is 0.561. The summed E-state index contributed by atoms with van der Waals surface area (Å²) in [6.45, 7) is 0.269. The van der Waals surface area contributed by atoms with Crippen LogP contribution in [0, 0.1) is 6.92 Å². The van der Waals surface area contributed by atoms with Crippen LogP contribution in [0.1, 0.15) is 15.9 Å². The molecular weight excluding hydrogens is 235 g/mol. The third kappa shape index (κ3) is 3.95. The zero-order valence-electron chi connectivity index (χ0n) is 9.06. The number of nitrogens with one attached hydrogen (secondary N) is 2. The lowest BCUT2D eigenvalue weighted by Gasteiger charge is -2.10. The van der Waals surface area contributed by atoms with Crippen molar-refractivity contribution in [2.45, 2.75) is 13.1 Å². The summed E-state index contributed by atoms with van der Waals surface area (Å²) in [5, 5.41) is 1.80. The summed E-state index contributed by atoms with van der Waals surface area (Å²) >= 11 is 0. The van der Waals surface area contributed by atoms with Crippen molar-refractivity contribution in [3.8, 4) is 0 Å². The minimum atomic E-state index is -4.41. The van der Waals surface area contributed by atoms with Gasteiger partial charge in [0.05, 0.1) is 0 Å². The second-order valence-corrected chi connectivity index (χ2v) is 3.47. The van der Waals surface area contributed by atoms with Crippen molar-refractivity contribution in [2.24, 2.45) is 5.84 Å². The Morgan fingerprint density at radius 3 is 2.53 bits per heavy atom. The highest BCUT2D eigenvalue weighted by Gasteiger charge is 2.28. The fourth-order valence-electron chi connectivity index (χ4n) is 1.28. The molecule has 0 fully saturated rings. The highest BCUT2D eigenvalue weighted by atomic mass is 19.4. The smallest absolute Gasteiger partial charge is 0.343 e. The molecule has 0 spiro atoms. The summed E-state index contributed by atoms with van der Waals surface area (Å²) < 4.78 is 35.7. The van der Waals surface area contributed by atoms with Crippen molar-refractivity contribution in [1.82, 2.24) is 5.32 Å². The lowest BCUT2D eigenvalue weighted by molar-refractivity contribution is -0.123. The largest absolute Gasteiger partial charge is 0.405 e. The van der Waals surface area contributed by atoms with Crippen LogP contribution in [0.25, 0.3) is 0 Å². The maximum Gasteiger partial charge on any atom is 0.405 e. The molecule has 1 aromatic carbocycles. The van der Waals surface area contributed by atoms with E-state index < -0.39 is 18.6 Å². The molecule has 0 heterocycles. The number of aryl methyl sites for hydroxylation is 1. The first kappa shape index (κ1) is 13.3. The van der Waals surface area contributed by atoms with E-state index in [1.54, 1.807) is 18.3 Å². The predicted molar refractivity (Wildman–Crippen MR) is 57.4 cm³/mol. The normalized spacial score (nSPS) is 11.1. The van der Waals surface area contributed by atoms with Crippen molar-refractivity contribution in [3.05, 3.63) is 29.3 Å². The predicted octanol–water partition coefficient (Wildman–Crippen LogP) is 1.57. The topological polar surface area (TPSA) is 67.1 Å². The van der Waals surface area contributed by atoms with Crippen LogP contribution in [-0.2, 0) is 0 Å². The number of hydrazine groups is 1. The number of hydrogen-bond acceptors (Lipinski definition) is 3. The number of benzene rings is 1. The molecule has 4 nitrogen and oxygen atoms in total. The number of carbonyl (C=O) groups excluding carboxylic acids is 1. The molecule has 0 aromatic heterocycles. The van der Waals surface area contributed by atoms with Gasteiger partial charge < -0.3 is 10.7 Å². The summed E-state index contributed by atoms with van der Waals surface area (Å²) in [5.74, 6) is 4.40. The molecule has 0 saturated carbocycles.